The van der Waals surface area contributed by atoms with Crippen LogP contribution in [-0.2, 0) is 0 Å². The molecule has 2 radical (unpaired) electrons. The van der Waals surface area contributed by atoms with E-state index in [9.17, 15) is 0 Å². The number of allylic oxidation sites excluding steroid dienone is 1. The molecule has 0 fully saturated rings. The first-order chi connectivity index (χ1) is 22.8. The first-order valence-electron chi connectivity index (χ1n) is 14.6. The second-order valence-corrected chi connectivity index (χ2v) is 9.49. The van der Waals surface area contributed by atoms with Gasteiger partial charge in [0.15, 0.2) is 0 Å². The first-order valence-corrected chi connectivity index (χ1v) is 16.0. The fourth-order valence-corrected chi connectivity index (χ4v) is 3.13. The van der Waals surface area contributed by atoms with Gasteiger partial charge in [-0.1, -0.05) is 0 Å². The van der Waals surface area contributed by atoms with E-state index in [0.717, 1.165) is 0 Å². The average molecular weight is 526 g/mol. The van der Waals surface area contributed by atoms with E-state index in [2.05, 4.69) is 17.8 Å². The zero-order chi connectivity index (χ0) is 33.3. The minimum absolute atomic E-state index is 0.537. The standard InChI is InChI=1S/C4H3B41S/c1-2-3-4-46(6)45-44-43-42-41-40-39-38-37-36-35-34-33-32-31-30-29-28-27-26-25-24-23-22-21-20-19-18-17-16-15-14-13-12-11-10-9-8-7-5/h2H,1H2. The minimum atomic E-state index is -0.537. The van der Waals surface area contributed by atoms with Gasteiger partial charge in [0.1, 0.15) is 0 Å². The van der Waals surface area contributed by atoms with Gasteiger partial charge in [0.05, 0.1) is 0 Å². The summed E-state index contributed by atoms with van der Waals surface area (Å²) < 4.78 is 0. The Labute approximate surface area is 305 Å². The summed E-state index contributed by atoms with van der Waals surface area (Å²) in [6.45, 7) is 83.5. The maximum absolute atomic E-state index is 5.80. The topological polar surface area (TPSA) is 0 Å². The summed E-state index contributed by atoms with van der Waals surface area (Å²) in [5.74, 6) is 2.75. The van der Waals surface area contributed by atoms with E-state index >= 15 is 0 Å². The van der Waals surface area contributed by atoms with Crippen molar-refractivity contribution in [2.24, 2.45) is 0 Å². The number of rotatable bonds is 19. The van der Waals surface area contributed by atoms with Crippen molar-refractivity contribution < 1.29 is 0 Å². The third kappa shape index (κ3) is 44.2. The molecule has 0 aromatic carbocycles. The average Bonchev–Trinajstić information content (AvgIpc) is 3.06. The summed E-state index contributed by atoms with van der Waals surface area (Å²) in [7, 11) is 4.71. The van der Waals surface area contributed by atoms with Crippen molar-refractivity contribution in [2.45, 2.75) is 0 Å². The second kappa shape index (κ2) is 45.2. The summed E-state index contributed by atoms with van der Waals surface area (Å²) in [4.78, 5) is 0. The molecule has 0 aliphatic carbocycles. The van der Waals surface area contributed by atoms with E-state index in [0.29, 0.717) is 0 Å². The Morgan fingerprint density at radius 2 is 0.543 bits per heavy atom. The maximum atomic E-state index is 5.80. The zero-order valence-electron chi connectivity index (χ0n) is 26.4. The van der Waals surface area contributed by atoms with E-state index in [1.165, 1.54) is 12.8 Å². The summed E-state index contributed by atoms with van der Waals surface area (Å²) in [5, 5.41) is 2.86. The van der Waals surface area contributed by atoms with Crippen LogP contribution in [0.5, 0.6) is 0 Å². The molecule has 0 saturated heterocycles. The molecule has 0 N–H and O–H groups in total. The van der Waals surface area contributed by atoms with Crippen LogP contribution < -0.4 is 0 Å². The molecule has 0 heterocycles. The number of hydrogen-bond acceptors (Lipinski definition) is 0. The molecule has 0 atom stereocenters. The van der Waals surface area contributed by atoms with Crippen molar-refractivity contribution in [3.8, 4) is 11.2 Å². The predicted octanol–water partition coefficient (Wildman–Crippen LogP) is -14.3. The van der Waals surface area contributed by atoms with Crippen LogP contribution in [0.4, 0.5) is 0 Å². The Hall–Kier alpha value is 2.18. The van der Waals surface area contributed by atoms with E-state index in [1.807, 2.05) is 247 Å². The Morgan fingerprint density at radius 3 is 0.739 bits per heavy atom. The fraction of sp³-hybridized carbons (Fsp3) is 0. The monoisotopic (exact) mass is 534 g/mol. The van der Waals surface area contributed by atoms with E-state index in [-0.39, 0.29) is 0 Å². The van der Waals surface area contributed by atoms with Crippen molar-refractivity contribution in [3.05, 3.63) is 12.7 Å². The third-order valence-electron chi connectivity index (χ3n) is 4.62. The SMILES string of the molecule is [B]B=BB=BB=BB=BB=BB=BB=BB=BB=BB=BB=BB=BB=BB=BB=BB=BB=BB=BB=BB=S(#B)C#CC=C. The molecule has 42 heteroatoms. The Bertz CT molecular complexity index is 1630. The summed E-state index contributed by atoms with van der Waals surface area (Å²) in [6, 6.07) is 1.86. The normalized spacial score (nSPS) is 8.09. The summed E-state index contributed by atoms with van der Waals surface area (Å²) in [6.07, 6.45) is 1.54. The van der Waals surface area contributed by atoms with Crippen LogP contribution in [0.1, 0.15) is 0 Å². The van der Waals surface area contributed by atoms with Gasteiger partial charge < -0.3 is 0 Å². The van der Waals surface area contributed by atoms with Crippen molar-refractivity contribution in [1.29, 1.82) is 0 Å². The predicted molar refractivity (Wildman–Crippen MR) is 261 cm³/mol. The van der Waals surface area contributed by atoms with Gasteiger partial charge in [-0.25, -0.2) is 0 Å². The van der Waals surface area contributed by atoms with Gasteiger partial charge in [-0.15, -0.1) is 0 Å². The van der Waals surface area contributed by atoms with Gasteiger partial charge in [-0.2, -0.15) is 0 Å². The molecule has 0 aliphatic rings. The molecule has 0 bridgehead atoms. The molecule has 46 heavy (non-hydrogen) atoms. The van der Waals surface area contributed by atoms with Crippen LogP contribution in [0, 0.1) is 11.2 Å². The molecular formula is C4H3B41S. The Balaban J connectivity index is 4.09. The van der Waals surface area contributed by atoms with Crippen LogP contribution in [0.25, 0.3) is 0 Å². The number of hydrogen-bond donors (Lipinski definition) is 0. The van der Waals surface area contributed by atoms with Crippen LogP contribution in [0.15, 0.2) is 12.7 Å². The first kappa shape index (κ1) is 48.2. The molecule has 0 amide bonds. The van der Waals surface area contributed by atoms with Crippen molar-refractivity contribution in [2.75, 3.05) is 0 Å². The van der Waals surface area contributed by atoms with Crippen LogP contribution in [0.2, 0.25) is 0 Å². The molecule has 0 aromatic heterocycles. The molecular weight excluding hydrogens is 523 g/mol. The van der Waals surface area contributed by atoms with Gasteiger partial charge in [0.25, 0.3) is 0 Å². The van der Waals surface area contributed by atoms with Gasteiger partial charge in [-0.05, 0) is 0 Å². The molecule has 0 spiro atoms. The summed E-state index contributed by atoms with van der Waals surface area (Å²) >= 11 is 0. The summed E-state index contributed by atoms with van der Waals surface area (Å²) in [5.41, 5.74) is 0. The molecule has 0 aliphatic heterocycles. The Kier molecular flexibility index (Phi) is 47.3. The molecule has 0 nitrogen and oxygen atoms in total. The second-order valence-electron chi connectivity index (χ2n) is 8.27. The Morgan fingerprint density at radius 1 is 0.348 bits per heavy atom. The molecule has 148 valence electrons. The van der Waals surface area contributed by atoms with E-state index in [1.54, 1.807) is 6.69 Å². The molecule has 0 aromatic rings. The zero-order valence-corrected chi connectivity index (χ0v) is 27.2. The third-order valence-corrected chi connectivity index (χ3v) is 5.42. The van der Waals surface area contributed by atoms with Crippen LogP contribution in [0.3, 0.4) is 0 Å². The molecule has 0 rings (SSSR count). The molecule has 0 saturated carbocycles. The van der Waals surface area contributed by atoms with Crippen molar-refractivity contribution in [1.82, 2.24) is 0 Å². The van der Waals surface area contributed by atoms with Crippen LogP contribution in [-0.4, -0.2) is 275 Å². The van der Waals surface area contributed by atoms with Gasteiger partial charge in [-0.3, -0.25) is 0 Å². The van der Waals surface area contributed by atoms with Gasteiger partial charge in [0.2, 0.25) is 0 Å². The van der Waals surface area contributed by atoms with Crippen molar-refractivity contribution in [3.63, 3.8) is 0 Å². The molecule has 0 unspecified atom stereocenters. The van der Waals surface area contributed by atoms with Crippen molar-refractivity contribution >= 4 is 284 Å². The fourth-order valence-electron chi connectivity index (χ4n) is 2.58. The van der Waals surface area contributed by atoms with Gasteiger partial charge in [0, 0.05) is 0 Å². The van der Waals surface area contributed by atoms with Gasteiger partial charge >= 0.3 is 308 Å². The van der Waals surface area contributed by atoms with Crippen LogP contribution >= 0.6 is 9.56 Å². The van der Waals surface area contributed by atoms with E-state index < -0.39 is 9.56 Å². The quantitative estimate of drug-likeness (QED) is 0.116. The van der Waals surface area contributed by atoms with E-state index in [4.69, 9.17) is 14.3 Å².